The number of nitrogens with zero attached hydrogens (tertiary/aromatic N) is 1. The van der Waals surface area contributed by atoms with Gasteiger partial charge >= 0.3 is 0 Å². The molecule has 23 heavy (non-hydrogen) atoms. The van der Waals surface area contributed by atoms with Crippen molar-refractivity contribution in [3.63, 3.8) is 0 Å². The first-order chi connectivity index (χ1) is 11.0. The van der Waals surface area contributed by atoms with Crippen LogP contribution in [-0.4, -0.2) is 35.9 Å². The van der Waals surface area contributed by atoms with Gasteiger partial charge in [0.2, 0.25) is 11.8 Å². The maximum Gasteiger partial charge on any atom is 0.248 e. The first-order valence-corrected chi connectivity index (χ1v) is 8.29. The molecule has 2 amide bonds. The van der Waals surface area contributed by atoms with Crippen molar-refractivity contribution in [3.8, 4) is 5.75 Å². The smallest absolute Gasteiger partial charge is 0.248 e. The minimum absolute atomic E-state index is 0.153. The highest BCUT2D eigenvalue weighted by atomic mass is 16.5. The molecule has 0 aromatic heterocycles. The lowest BCUT2D eigenvalue weighted by molar-refractivity contribution is -0.134. The Morgan fingerprint density at radius 1 is 1.22 bits per heavy atom. The van der Waals surface area contributed by atoms with Gasteiger partial charge in [0.1, 0.15) is 5.75 Å². The van der Waals surface area contributed by atoms with Crippen molar-refractivity contribution in [3.05, 3.63) is 29.8 Å². The van der Waals surface area contributed by atoms with Gasteiger partial charge in [0, 0.05) is 18.2 Å². The molecule has 0 unspecified atom stereocenters. The van der Waals surface area contributed by atoms with Crippen molar-refractivity contribution in [2.24, 2.45) is 11.7 Å². The highest BCUT2D eigenvalue weighted by molar-refractivity contribution is 5.92. The topological polar surface area (TPSA) is 72.6 Å². The monoisotopic (exact) mass is 318 g/mol. The third-order valence-corrected chi connectivity index (χ3v) is 4.40. The van der Waals surface area contributed by atoms with Gasteiger partial charge in [-0.3, -0.25) is 9.59 Å². The summed E-state index contributed by atoms with van der Waals surface area (Å²) in [6.07, 6.45) is 3.83. The summed E-state index contributed by atoms with van der Waals surface area (Å²) >= 11 is 0. The maximum absolute atomic E-state index is 12.4. The maximum atomic E-state index is 12.4. The molecule has 5 heteroatoms. The van der Waals surface area contributed by atoms with Crippen LogP contribution in [0.15, 0.2) is 24.3 Å². The predicted molar refractivity (Wildman–Crippen MR) is 89.3 cm³/mol. The summed E-state index contributed by atoms with van der Waals surface area (Å²) in [5, 5.41) is 0. The van der Waals surface area contributed by atoms with Crippen LogP contribution in [0.25, 0.3) is 0 Å². The Morgan fingerprint density at radius 2 is 1.91 bits per heavy atom. The zero-order valence-corrected chi connectivity index (χ0v) is 14.0. The number of carbonyl (C=O) groups is 2. The average molecular weight is 318 g/mol. The lowest BCUT2D eigenvalue weighted by Crippen LogP contribution is -2.40. The van der Waals surface area contributed by atoms with Crippen molar-refractivity contribution in [2.45, 2.75) is 45.6 Å². The molecule has 0 aliphatic carbocycles. The summed E-state index contributed by atoms with van der Waals surface area (Å²) in [6.45, 7) is 5.51. The van der Waals surface area contributed by atoms with Crippen LogP contribution in [0.4, 0.5) is 0 Å². The first-order valence-electron chi connectivity index (χ1n) is 8.29. The number of hydrogen-bond acceptors (Lipinski definition) is 3. The summed E-state index contributed by atoms with van der Waals surface area (Å²) in [5.41, 5.74) is 5.64. The van der Waals surface area contributed by atoms with Gasteiger partial charge in [0.25, 0.3) is 0 Å². The number of ether oxygens (including phenoxy) is 1. The van der Waals surface area contributed by atoms with E-state index in [-0.39, 0.29) is 5.91 Å². The lowest BCUT2D eigenvalue weighted by Gasteiger charge is -2.28. The van der Waals surface area contributed by atoms with Gasteiger partial charge in [0.15, 0.2) is 0 Å². The normalized spacial score (nSPS) is 21.6. The zero-order chi connectivity index (χ0) is 16.8. The van der Waals surface area contributed by atoms with E-state index in [1.165, 1.54) is 12.8 Å². The molecule has 1 aliphatic heterocycles. The Morgan fingerprint density at radius 3 is 2.57 bits per heavy atom. The minimum atomic E-state index is -0.462. The van der Waals surface area contributed by atoms with Gasteiger partial charge in [-0.2, -0.15) is 0 Å². The predicted octanol–water partition coefficient (Wildman–Crippen LogP) is 2.59. The van der Waals surface area contributed by atoms with E-state index >= 15 is 0 Å². The molecular formula is C18H26N2O3. The molecule has 0 bridgehead atoms. The van der Waals surface area contributed by atoms with Gasteiger partial charge in [-0.05, 0) is 49.9 Å². The van der Waals surface area contributed by atoms with Gasteiger partial charge < -0.3 is 15.4 Å². The molecule has 2 N–H and O–H groups in total. The third-order valence-electron chi connectivity index (χ3n) is 4.40. The number of carbonyl (C=O) groups excluding carboxylic acids is 2. The van der Waals surface area contributed by atoms with Crippen LogP contribution in [-0.2, 0) is 4.79 Å². The number of rotatable bonds is 5. The Kier molecular flexibility index (Phi) is 6.02. The second-order valence-corrected chi connectivity index (χ2v) is 6.42. The minimum Gasteiger partial charge on any atom is -0.493 e. The Balaban J connectivity index is 1.82. The van der Waals surface area contributed by atoms with Gasteiger partial charge in [-0.1, -0.05) is 13.3 Å². The van der Waals surface area contributed by atoms with E-state index in [1.54, 1.807) is 24.3 Å². The standard InChI is InChI=1S/C18H26N2O3/c1-13-4-3-5-14(2)20(12-13)17(21)10-11-23-16-8-6-15(7-9-16)18(19)22/h6-9,13-14H,3-5,10-12H2,1-2H3,(H2,19,22)/t13-,14-/m0/s1. The molecular weight excluding hydrogens is 292 g/mol. The molecule has 1 aromatic rings. The van der Waals surface area contributed by atoms with Crippen LogP contribution < -0.4 is 10.5 Å². The molecule has 0 spiro atoms. The number of primary amides is 1. The number of likely N-dealkylation sites (tertiary alicyclic amines) is 1. The Hall–Kier alpha value is -2.04. The summed E-state index contributed by atoms with van der Waals surface area (Å²) in [4.78, 5) is 25.4. The Labute approximate surface area is 137 Å². The quantitative estimate of drug-likeness (QED) is 0.907. The highest BCUT2D eigenvalue weighted by Crippen LogP contribution is 2.21. The van der Waals surface area contributed by atoms with E-state index in [0.717, 1.165) is 13.0 Å². The van der Waals surface area contributed by atoms with Gasteiger partial charge in [-0.15, -0.1) is 0 Å². The zero-order valence-electron chi connectivity index (χ0n) is 14.0. The van der Waals surface area contributed by atoms with Crippen molar-refractivity contribution in [2.75, 3.05) is 13.2 Å². The molecule has 5 nitrogen and oxygen atoms in total. The number of hydrogen-bond donors (Lipinski definition) is 1. The summed E-state index contributed by atoms with van der Waals surface area (Å²) < 4.78 is 5.60. The van der Waals surface area contributed by atoms with Crippen molar-refractivity contribution < 1.29 is 14.3 Å². The SMILES string of the molecule is C[C@H]1CCC[C@H](C)N(C(=O)CCOc2ccc(C(N)=O)cc2)C1. The van der Waals surface area contributed by atoms with Crippen molar-refractivity contribution in [1.29, 1.82) is 0 Å². The van der Waals surface area contributed by atoms with E-state index in [0.29, 0.717) is 36.3 Å². The van der Waals surface area contributed by atoms with E-state index in [2.05, 4.69) is 13.8 Å². The molecule has 1 heterocycles. The highest BCUT2D eigenvalue weighted by Gasteiger charge is 2.24. The van der Waals surface area contributed by atoms with Crippen molar-refractivity contribution >= 4 is 11.8 Å². The second-order valence-electron chi connectivity index (χ2n) is 6.42. The summed E-state index contributed by atoms with van der Waals surface area (Å²) in [6, 6.07) is 6.95. The Bertz CT molecular complexity index is 542. The third kappa shape index (κ3) is 4.98. The van der Waals surface area contributed by atoms with Gasteiger partial charge in [0.05, 0.1) is 13.0 Å². The van der Waals surface area contributed by atoms with E-state index < -0.39 is 5.91 Å². The second kappa shape index (κ2) is 7.99. The number of amides is 2. The van der Waals surface area contributed by atoms with E-state index in [9.17, 15) is 9.59 Å². The molecule has 1 fully saturated rings. The van der Waals surface area contributed by atoms with E-state index in [1.807, 2.05) is 4.90 Å². The molecule has 0 radical (unpaired) electrons. The van der Waals surface area contributed by atoms with Crippen LogP contribution >= 0.6 is 0 Å². The van der Waals surface area contributed by atoms with Crippen LogP contribution in [0.1, 0.15) is 49.9 Å². The van der Waals surface area contributed by atoms with Crippen LogP contribution in [0, 0.1) is 5.92 Å². The molecule has 2 atom stereocenters. The first kappa shape index (κ1) is 17.3. The molecule has 1 aromatic carbocycles. The van der Waals surface area contributed by atoms with Crippen LogP contribution in [0.3, 0.4) is 0 Å². The molecule has 1 saturated heterocycles. The van der Waals surface area contributed by atoms with Gasteiger partial charge in [-0.25, -0.2) is 0 Å². The molecule has 2 rings (SSSR count). The lowest BCUT2D eigenvalue weighted by atomic mass is 10.1. The largest absolute Gasteiger partial charge is 0.493 e. The van der Waals surface area contributed by atoms with Crippen LogP contribution in [0.5, 0.6) is 5.75 Å². The van der Waals surface area contributed by atoms with E-state index in [4.69, 9.17) is 10.5 Å². The fraction of sp³-hybridized carbons (Fsp3) is 0.556. The van der Waals surface area contributed by atoms with Crippen LogP contribution in [0.2, 0.25) is 0 Å². The van der Waals surface area contributed by atoms with Crippen molar-refractivity contribution in [1.82, 2.24) is 4.90 Å². The summed E-state index contributed by atoms with van der Waals surface area (Å²) in [7, 11) is 0. The average Bonchev–Trinajstić information content (AvgIpc) is 2.69. The molecule has 0 saturated carbocycles. The fourth-order valence-corrected chi connectivity index (χ4v) is 2.99. The summed E-state index contributed by atoms with van der Waals surface area (Å²) in [5.74, 6) is 0.891. The number of nitrogens with two attached hydrogens (primary N) is 1. The molecule has 1 aliphatic rings. The molecule has 126 valence electrons. The number of benzene rings is 1. The fourth-order valence-electron chi connectivity index (χ4n) is 2.99.